The average molecular weight is 583 g/mol. The normalized spacial score (nSPS) is 11.8. The third kappa shape index (κ3) is 8.60. The van der Waals surface area contributed by atoms with E-state index in [0.717, 1.165) is 11.1 Å². The SMILES string of the molecule is C=CCc1cc(/C=N/NC(=O)C(NC(=O)c2ccc(Cl)cc2)C(C)C)cc(OCC)c1OCc1ccccc1Cl. The van der Waals surface area contributed by atoms with Crippen LogP contribution in [-0.4, -0.2) is 30.7 Å². The molecule has 3 rings (SSSR count). The Kier molecular flexibility index (Phi) is 11.6. The van der Waals surface area contributed by atoms with E-state index in [1.165, 1.54) is 6.21 Å². The number of carbonyl (C=O) groups is 2. The summed E-state index contributed by atoms with van der Waals surface area (Å²) in [5, 5.41) is 8.05. The molecule has 0 aliphatic rings. The van der Waals surface area contributed by atoms with Gasteiger partial charge in [0.05, 0.1) is 12.8 Å². The maximum atomic E-state index is 12.9. The molecule has 1 unspecified atom stereocenters. The lowest BCUT2D eigenvalue weighted by Crippen LogP contribution is -2.48. The van der Waals surface area contributed by atoms with Crippen molar-refractivity contribution >= 4 is 41.2 Å². The van der Waals surface area contributed by atoms with Crippen LogP contribution in [0.25, 0.3) is 0 Å². The highest BCUT2D eigenvalue weighted by molar-refractivity contribution is 6.31. The van der Waals surface area contributed by atoms with Crippen LogP contribution < -0.4 is 20.2 Å². The summed E-state index contributed by atoms with van der Waals surface area (Å²) >= 11 is 12.2. The summed E-state index contributed by atoms with van der Waals surface area (Å²) in [6, 6.07) is 16.8. The van der Waals surface area contributed by atoms with Gasteiger partial charge in [0.25, 0.3) is 11.8 Å². The number of benzene rings is 3. The molecule has 3 aromatic rings. The van der Waals surface area contributed by atoms with Crippen LogP contribution in [-0.2, 0) is 17.8 Å². The van der Waals surface area contributed by atoms with Crippen LogP contribution in [0.3, 0.4) is 0 Å². The molecular formula is C31H33Cl2N3O4. The maximum absolute atomic E-state index is 12.9. The first kappa shape index (κ1) is 30.7. The Hall–Kier alpha value is -3.81. The van der Waals surface area contributed by atoms with Crippen molar-refractivity contribution in [2.75, 3.05) is 6.61 Å². The molecule has 2 amide bonds. The molecule has 0 saturated heterocycles. The molecule has 0 aliphatic carbocycles. The number of amides is 2. The molecule has 9 heteroatoms. The molecule has 210 valence electrons. The highest BCUT2D eigenvalue weighted by atomic mass is 35.5. The maximum Gasteiger partial charge on any atom is 0.262 e. The second kappa shape index (κ2) is 15.1. The van der Waals surface area contributed by atoms with Gasteiger partial charge in [-0.25, -0.2) is 5.43 Å². The molecule has 7 nitrogen and oxygen atoms in total. The van der Waals surface area contributed by atoms with Crippen molar-refractivity contribution in [2.45, 2.75) is 39.8 Å². The van der Waals surface area contributed by atoms with Crippen molar-refractivity contribution in [3.05, 3.63) is 106 Å². The lowest BCUT2D eigenvalue weighted by atomic mass is 10.0. The van der Waals surface area contributed by atoms with Gasteiger partial charge in [0.15, 0.2) is 11.5 Å². The van der Waals surface area contributed by atoms with Crippen LogP contribution in [0.2, 0.25) is 10.0 Å². The summed E-state index contributed by atoms with van der Waals surface area (Å²) in [6.07, 6.45) is 3.81. The number of nitrogens with zero attached hydrogens (tertiary/aromatic N) is 1. The molecule has 0 aromatic heterocycles. The lowest BCUT2D eigenvalue weighted by molar-refractivity contribution is -0.123. The largest absolute Gasteiger partial charge is 0.490 e. The first-order valence-electron chi connectivity index (χ1n) is 12.9. The number of hydrazone groups is 1. The van der Waals surface area contributed by atoms with Crippen LogP contribution in [0, 0.1) is 5.92 Å². The minimum absolute atomic E-state index is 0.176. The summed E-state index contributed by atoms with van der Waals surface area (Å²) in [5.41, 5.74) is 5.33. The second-order valence-corrected chi connectivity index (χ2v) is 10.1. The number of carbonyl (C=O) groups excluding carboxylic acids is 2. The van der Waals surface area contributed by atoms with Crippen molar-refractivity contribution in [2.24, 2.45) is 11.0 Å². The summed E-state index contributed by atoms with van der Waals surface area (Å²) in [5.74, 6) is 0.135. The molecule has 0 saturated carbocycles. The Morgan fingerprint density at radius 3 is 2.40 bits per heavy atom. The van der Waals surface area contributed by atoms with Crippen molar-refractivity contribution in [3.8, 4) is 11.5 Å². The number of halogens is 2. The first-order valence-corrected chi connectivity index (χ1v) is 13.6. The van der Waals surface area contributed by atoms with Gasteiger partial charge in [0.2, 0.25) is 0 Å². The number of hydrogen-bond acceptors (Lipinski definition) is 5. The Bertz CT molecular complexity index is 1360. The van der Waals surface area contributed by atoms with Gasteiger partial charge >= 0.3 is 0 Å². The zero-order chi connectivity index (χ0) is 29.1. The topological polar surface area (TPSA) is 89.0 Å². The minimum Gasteiger partial charge on any atom is -0.490 e. The highest BCUT2D eigenvalue weighted by Crippen LogP contribution is 2.34. The fraction of sp³-hybridized carbons (Fsp3) is 0.258. The zero-order valence-corrected chi connectivity index (χ0v) is 24.3. The smallest absolute Gasteiger partial charge is 0.262 e. The number of hydrogen-bond donors (Lipinski definition) is 2. The van der Waals surface area contributed by atoms with E-state index >= 15 is 0 Å². The first-order chi connectivity index (χ1) is 19.2. The van der Waals surface area contributed by atoms with Crippen LogP contribution in [0.1, 0.15) is 47.8 Å². The molecule has 0 fully saturated rings. The van der Waals surface area contributed by atoms with E-state index < -0.39 is 11.9 Å². The van der Waals surface area contributed by atoms with E-state index in [2.05, 4.69) is 22.4 Å². The van der Waals surface area contributed by atoms with Gasteiger partial charge in [-0.1, -0.05) is 61.3 Å². The standard InChI is InChI=1S/C31H33Cl2N3O4/c1-5-9-23-16-21(17-27(39-6-2)29(23)40-19-24-10-7-8-11-26(24)33)18-34-36-31(38)28(20(3)4)35-30(37)22-12-14-25(32)15-13-22/h5,7-8,10-18,20,28H,1,6,9,19H2,2-4H3,(H,35,37)(H,36,38)/b34-18+. The Morgan fingerprint density at radius 1 is 1.02 bits per heavy atom. The summed E-state index contributed by atoms with van der Waals surface area (Å²) < 4.78 is 12.0. The molecule has 0 bridgehead atoms. The number of ether oxygens (including phenoxy) is 2. The Balaban J connectivity index is 1.76. The number of nitrogens with one attached hydrogen (secondary N) is 2. The number of rotatable bonds is 13. The predicted octanol–water partition coefficient (Wildman–Crippen LogP) is 6.60. The van der Waals surface area contributed by atoms with E-state index in [0.29, 0.717) is 45.7 Å². The van der Waals surface area contributed by atoms with Crippen LogP contribution in [0.5, 0.6) is 11.5 Å². The fourth-order valence-electron chi connectivity index (χ4n) is 3.86. The molecule has 3 aromatic carbocycles. The van der Waals surface area contributed by atoms with Crippen molar-refractivity contribution < 1.29 is 19.1 Å². The van der Waals surface area contributed by atoms with Crippen LogP contribution in [0.15, 0.2) is 78.4 Å². The van der Waals surface area contributed by atoms with Gasteiger partial charge in [-0.2, -0.15) is 5.10 Å². The van der Waals surface area contributed by atoms with E-state index in [1.54, 1.807) is 36.4 Å². The average Bonchev–Trinajstić information content (AvgIpc) is 2.92. The Morgan fingerprint density at radius 2 is 1.75 bits per heavy atom. The highest BCUT2D eigenvalue weighted by Gasteiger charge is 2.24. The zero-order valence-electron chi connectivity index (χ0n) is 22.7. The molecule has 0 aliphatic heterocycles. The van der Waals surface area contributed by atoms with E-state index in [4.69, 9.17) is 32.7 Å². The third-order valence-electron chi connectivity index (χ3n) is 5.88. The van der Waals surface area contributed by atoms with Crippen molar-refractivity contribution in [1.29, 1.82) is 0 Å². The van der Waals surface area contributed by atoms with Gasteiger partial charge in [-0.3, -0.25) is 9.59 Å². The molecule has 40 heavy (non-hydrogen) atoms. The van der Waals surface area contributed by atoms with Crippen LogP contribution in [0.4, 0.5) is 0 Å². The quantitative estimate of drug-likeness (QED) is 0.135. The predicted molar refractivity (Wildman–Crippen MR) is 161 cm³/mol. The van der Waals surface area contributed by atoms with Gasteiger partial charge in [0.1, 0.15) is 12.6 Å². The van der Waals surface area contributed by atoms with E-state index in [9.17, 15) is 9.59 Å². The van der Waals surface area contributed by atoms with Gasteiger partial charge < -0.3 is 14.8 Å². The second-order valence-electron chi connectivity index (χ2n) is 9.25. The minimum atomic E-state index is -0.795. The molecule has 2 N–H and O–H groups in total. The van der Waals surface area contributed by atoms with Crippen molar-refractivity contribution in [1.82, 2.24) is 10.7 Å². The summed E-state index contributed by atoms with van der Waals surface area (Å²) in [4.78, 5) is 25.6. The summed E-state index contributed by atoms with van der Waals surface area (Å²) in [7, 11) is 0. The number of allylic oxidation sites excluding steroid dienone is 1. The molecule has 0 heterocycles. The molecule has 0 spiro atoms. The molecule has 0 radical (unpaired) electrons. The van der Waals surface area contributed by atoms with Gasteiger partial charge in [-0.05, 0) is 67.3 Å². The van der Waals surface area contributed by atoms with E-state index in [1.807, 2.05) is 51.1 Å². The third-order valence-corrected chi connectivity index (χ3v) is 6.50. The Labute approximate surface area is 245 Å². The van der Waals surface area contributed by atoms with E-state index in [-0.39, 0.29) is 18.4 Å². The molecule has 1 atom stereocenters. The molecular weight excluding hydrogens is 549 g/mol. The summed E-state index contributed by atoms with van der Waals surface area (Å²) in [6.45, 7) is 10.1. The van der Waals surface area contributed by atoms with Gasteiger partial charge in [-0.15, -0.1) is 6.58 Å². The van der Waals surface area contributed by atoms with Gasteiger partial charge in [0, 0.05) is 26.7 Å². The van der Waals surface area contributed by atoms with Crippen LogP contribution >= 0.6 is 23.2 Å². The lowest BCUT2D eigenvalue weighted by Gasteiger charge is -2.20. The fourth-order valence-corrected chi connectivity index (χ4v) is 4.17. The van der Waals surface area contributed by atoms with Crippen molar-refractivity contribution in [3.63, 3.8) is 0 Å². The monoisotopic (exact) mass is 581 g/mol.